The van der Waals surface area contributed by atoms with Crippen LogP contribution in [-0.2, 0) is 17.6 Å². The lowest BCUT2D eigenvalue weighted by atomic mass is 10.2. The first-order valence-electron chi connectivity index (χ1n) is 9.27. The summed E-state index contributed by atoms with van der Waals surface area (Å²) >= 11 is 1.42. The van der Waals surface area contributed by atoms with E-state index in [-0.39, 0.29) is 12.3 Å². The Labute approximate surface area is 167 Å². The second-order valence-electron chi connectivity index (χ2n) is 6.25. The minimum Gasteiger partial charge on any atom is -0.497 e. The van der Waals surface area contributed by atoms with Crippen molar-refractivity contribution in [1.82, 2.24) is 20.3 Å². The summed E-state index contributed by atoms with van der Waals surface area (Å²) in [6, 6.07) is 7.37. The molecular formula is C19H23N5O3S. The third kappa shape index (κ3) is 5.59. The lowest BCUT2D eigenvalue weighted by Gasteiger charge is -1.99. The van der Waals surface area contributed by atoms with Gasteiger partial charge < -0.3 is 14.6 Å². The molecule has 0 aliphatic rings. The molecule has 0 saturated heterocycles. The van der Waals surface area contributed by atoms with Gasteiger partial charge in [0.05, 0.1) is 7.11 Å². The summed E-state index contributed by atoms with van der Waals surface area (Å²) in [5.41, 5.74) is 0.824. The van der Waals surface area contributed by atoms with E-state index in [2.05, 4.69) is 32.6 Å². The van der Waals surface area contributed by atoms with Gasteiger partial charge in [0.2, 0.25) is 22.8 Å². The summed E-state index contributed by atoms with van der Waals surface area (Å²) in [4.78, 5) is 16.5. The van der Waals surface area contributed by atoms with E-state index >= 15 is 0 Å². The quantitative estimate of drug-likeness (QED) is 0.514. The molecule has 0 aliphatic carbocycles. The first-order chi connectivity index (χ1) is 13.7. The van der Waals surface area contributed by atoms with Gasteiger partial charge in [-0.3, -0.25) is 4.79 Å². The molecule has 8 nitrogen and oxygen atoms in total. The number of anilines is 1. The van der Waals surface area contributed by atoms with E-state index in [1.54, 1.807) is 7.11 Å². The molecule has 1 N–H and O–H groups in total. The average Bonchev–Trinajstić information content (AvgIpc) is 3.36. The number of carbonyl (C=O) groups is 1. The van der Waals surface area contributed by atoms with E-state index in [9.17, 15) is 4.79 Å². The largest absolute Gasteiger partial charge is 0.497 e. The molecule has 0 fully saturated rings. The maximum atomic E-state index is 12.1. The van der Waals surface area contributed by atoms with Crippen LogP contribution in [0.25, 0.3) is 11.4 Å². The Morgan fingerprint density at radius 1 is 1.18 bits per heavy atom. The van der Waals surface area contributed by atoms with Gasteiger partial charge in [-0.05, 0) is 30.7 Å². The van der Waals surface area contributed by atoms with Gasteiger partial charge >= 0.3 is 0 Å². The normalized spacial score (nSPS) is 10.8. The van der Waals surface area contributed by atoms with Crippen LogP contribution < -0.4 is 10.1 Å². The number of carbonyl (C=O) groups excluding carboxylic acids is 1. The zero-order chi connectivity index (χ0) is 19.8. The van der Waals surface area contributed by atoms with Crippen LogP contribution in [0.2, 0.25) is 0 Å². The van der Waals surface area contributed by atoms with Crippen LogP contribution in [0.15, 0.2) is 28.8 Å². The van der Waals surface area contributed by atoms with Gasteiger partial charge in [0.15, 0.2) is 0 Å². The van der Waals surface area contributed by atoms with Crippen molar-refractivity contribution in [2.75, 3.05) is 12.4 Å². The molecule has 0 spiro atoms. The van der Waals surface area contributed by atoms with Gasteiger partial charge in [-0.25, -0.2) is 0 Å². The number of nitrogens with zero attached hydrogens (tertiary/aromatic N) is 4. The molecule has 0 radical (unpaired) electrons. The van der Waals surface area contributed by atoms with Crippen LogP contribution in [0.5, 0.6) is 5.75 Å². The van der Waals surface area contributed by atoms with Crippen molar-refractivity contribution in [3.05, 3.63) is 35.2 Å². The van der Waals surface area contributed by atoms with Crippen molar-refractivity contribution in [2.24, 2.45) is 0 Å². The molecule has 0 atom stereocenters. The molecule has 3 rings (SSSR count). The van der Waals surface area contributed by atoms with E-state index in [0.717, 1.165) is 35.6 Å². The van der Waals surface area contributed by atoms with Crippen LogP contribution in [0, 0.1) is 0 Å². The average molecular weight is 401 g/mol. The van der Waals surface area contributed by atoms with Crippen molar-refractivity contribution < 1.29 is 14.1 Å². The highest BCUT2D eigenvalue weighted by Gasteiger charge is 2.12. The number of hydrogen-bond donors (Lipinski definition) is 1. The summed E-state index contributed by atoms with van der Waals surface area (Å²) in [5.74, 6) is 1.51. The molecule has 0 unspecified atom stereocenters. The Hall–Kier alpha value is -2.81. The lowest BCUT2D eigenvalue weighted by Crippen LogP contribution is -2.12. The molecule has 2 heterocycles. The fraction of sp³-hybridized carbons (Fsp3) is 0.421. The number of nitrogens with one attached hydrogen (secondary N) is 1. The van der Waals surface area contributed by atoms with Crippen molar-refractivity contribution >= 4 is 22.4 Å². The van der Waals surface area contributed by atoms with Crippen LogP contribution in [0.1, 0.15) is 43.5 Å². The molecule has 2 aromatic heterocycles. The van der Waals surface area contributed by atoms with Crippen LogP contribution in [0.3, 0.4) is 0 Å². The van der Waals surface area contributed by atoms with Gasteiger partial charge in [-0.15, -0.1) is 10.2 Å². The molecule has 0 bridgehead atoms. The van der Waals surface area contributed by atoms with Gasteiger partial charge in [0, 0.05) is 24.8 Å². The number of methoxy groups -OCH3 is 1. The standard InChI is InChI=1S/C19H23N5O3S/c1-3-4-5-6-17-22-23-19(28-17)20-15(25)11-12-16-21-18(24-27-16)13-7-9-14(26-2)10-8-13/h7-10H,3-6,11-12H2,1-2H3,(H,20,23,25). The lowest BCUT2D eigenvalue weighted by molar-refractivity contribution is -0.116. The van der Waals surface area contributed by atoms with Gasteiger partial charge in [-0.2, -0.15) is 4.98 Å². The molecule has 1 aromatic carbocycles. The predicted molar refractivity (Wildman–Crippen MR) is 106 cm³/mol. The van der Waals surface area contributed by atoms with Crippen molar-refractivity contribution in [3.8, 4) is 17.1 Å². The fourth-order valence-corrected chi connectivity index (χ4v) is 3.35. The first kappa shape index (κ1) is 19.9. The maximum Gasteiger partial charge on any atom is 0.227 e. The Kier molecular flexibility index (Phi) is 7.07. The monoisotopic (exact) mass is 401 g/mol. The second kappa shape index (κ2) is 9.93. The molecule has 0 saturated carbocycles. The number of amides is 1. The number of ether oxygens (including phenoxy) is 1. The van der Waals surface area contributed by atoms with Crippen LogP contribution in [0.4, 0.5) is 5.13 Å². The number of aryl methyl sites for hydroxylation is 2. The third-order valence-electron chi connectivity index (χ3n) is 4.09. The number of rotatable bonds is 10. The minimum atomic E-state index is -0.152. The summed E-state index contributed by atoms with van der Waals surface area (Å²) in [5, 5.41) is 16.4. The molecule has 148 valence electrons. The second-order valence-corrected chi connectivity index (χ2v) is 7.31. The minimum absolute atomic E-state index is 0.152. The highest BCUT2D eigenvalue weighted by molar-refractivity contribution is 7.15. The summed E-state index contributed by atoms with van der Waals surface area (Å²) in [7, 11) is 1.61. The van der Waals surface area contributed by atoms with Gasteiger partial charge in [0.25, 0.3) is 0 Å². The SMILES string of the molecule is CCCCCc1nnc(NC(=O)CCc2nc(-c3ccc(OC)cc3)no2)s1. The number of unbranched alkanes of at least 4 members (excludes halogenated alkanes) is 2. The highest BCUT2D eigenvalue weighted by Crippen LogP contribution is 2.20. The predicted octanol–water partition coefficient (Wildman–Crippen LogP) is 3.90. The third-order valence-corrected chi connectivity index (χ3v) is 4.99. The van der Waals surface area contributed by atoms with Gasteiger partial charge in [-0.1, -0.05) is 36.3 Å². The number of hydrogen-bond acceptors (Lipinski definition) is 8. The van der Waals surface area contributed by atoms with Crippen LogP contribution >= 0.6 is 11.3 Å². The van der Waals surface area contributed by atoms with Crippen molar-refractivity contribution in [3.63, 3.8) is 0 Å². The van der Waals surface area contributed by atoms with E-state index in [4.69, 9.17) is 9.26 Å². The summed E-state index contributed by atoms with van der Waals surface area (Å²) in [6.45, 7) is 2.16. The Morgan fingerprint density at radius 2 is 2.00 bits per heavy atom. The fourth-order valence-electron chi connectivity index (χ4n) is 2.55. The van der Waals surface area contributed by atoms with E-state index in [1.165, 1.54) is 17.8 Å². The highest BCUT2D eigenvalue weighted by atomic mass is 32.1. The van der Waals surface area contributed by atoms with E-state index < -0.39 is 0 Å². The topological polar surface area (TPSA) is 103 Å². The van der Waals surface area contributed by atoms with E-state index in [0.29, 0.717) is 23.3 Å². The zero-order valence-corrected chi connectivity index (χ0v) is 16.8. The summed E-state index contributed by atoms with van der Waals surface area (Å²) in [6.07, 6.45) is 4.92. The van der Waals surface area contributed by atoms with Gasteiger partial charge in [0.1, 0.15) is 10.8 Å². The number of aromatic nitrogens is 4. The molecule has 28 heavy (non-hydrogen) atoms. The Morgan fingerprint density at radius 3 is 2.75 bits per heavy atom. The summed E-state index contributed by atoms with van der Waals surface area (Å²) < 4.78 is 10.4. The first-order valence-corrected chi connectivity index (χ1v) is 10.1. The molecule has 0 aliphatic heterocycles. The molecule has 9 heteroatoms. The van der Waals surface area contributed by atoms with Crippen LogP contribution in [-0.4, -0.2) is 33.4 Å². The Bertz CT molecular complexity index is 891. The van der Waals surface area contributed by atoms with Crippen molar-refractivity contribution in [2.45, 2.75) is 45.4 Å². The number of benzene rings is 1. The molecular weight excluding hydrogens is 378 g/mol. The maximum absolute atomic E-state index is 12.1. The molecule has 3 aromatic rings. The zero-order valence-electron chi connectivity index (χ0n) is 16.0. The Balaban J connectivity index is 1.47. The van der Waals surface area contributed by atoms with E-state index in [1.807, 2.05) is 24.3 Å². The molecule has 1 amide bonds. The van der Waals surface area contributed by atoms with Crippen molar-refractivity contribution in [1.29, 1.82) is 0 Å². The smallest absolute Gasteiger partial charge is 0.227 e.